The van der Waals surface area contributed by atoms with Crippen LogP contribution in [0.1, 0.15) is 18.4 Å². The van der Waals surface area contributed by atoms with Crippen LogP contribution in [0.3, 0.4) is 0 Å². The van der Waals surface area contributed by atoms with Crippen molar-refractivity contribution in [3.63, 3.8) is 0 Å². The van der Waals surface area contributed by atoms with Crippen molar-refractivity contribution in [1.29, 1.82) is 0 Å². The van der Waals surface area contributed by atoms with Crippen LogP contribution >= 0.6 is 0 Å². The molecule has 0 amide bonds. The Balaban J connectivity index is 2.70. The maximum Gasteiger partial charge on any atom is 0.303 e. The SMILES string of the molecule is O=C(O)CCCc1ccc(F)c(O)c1F. The maximum absolute atomic E-state index is 13.1. The van der Waals surface area contributed by atoms with Crippen molar-refractivity contribution in [3.8, 4) is 5.75 Å². The Kier molecular flexibility index (Phi) is 3.60. The molecule has 5 heteroatoms. The molecular formula is C10H10F2O3. The molecule has 0 unspecified atom stereocenters. The zero-order valence-corrected chi connectivity index (χ0v) is 7.83. The molecule has 0 aliphatic carbocycles. The molecule has 0 aliphatic heterocycles. The van der Waals surface area contributed by atoms with Gasteiger partial charge in [-0.2, -0.15) is 0 Å². The van der Waals surface area contributed by atoms with Gasteiger partial charge in [0, 0.05) is 6.42 Å². The molecule has 0 bridgehead atoms. The van der Waals surface area contributed by atoms with Gasteiger partial charge >= 0.3 is 5.97 Å². The minimum Gasteiger partial charge on any atom is -0.503 e. The fraction of sp³-hybridized carbons (Fsp3) is 0.300. The molecule has 82 valence electrons. The lowest BCUT2D eigenvalue weighted by Gasteiger charge is -2.04. The van der Waals surface area contributed by atoms with Crippen molar-refractivity contribution < 1.29 is 23.8 Å². The number of rotatable bonds is 4. The first-order chi connectivity index (χ1) is 7.02. The van der Waals surface area contributed by atoms with E-state index in [0.29, 0.717) is 0 Å². The number of hydrogen-bond donors (Lipinski definition) is 2. The van der Waals surface area contributed by atoms with Crippen molar-refractivity contribution in [2.24, 2.45) is 0 Å². The summed E-state index contributed by atoms with van der Waals surface area (Å²) in [5.41, 5.74) is 0.121. The van der Waals surface area contributed by atoms with Crippen molar-refractivity contribution in [2.45, 2.75) is 19.3 Å². The van der Waals surface area contributed by atoms with Gasteiger partial charge < -0.3 is 10.2 Å². The van der Waals surface area contributed by atoms with Gasteiger partial charge in [0.05, 0.1) is 0 Å². The molecule has 0 fully saturated rings. The summed E-state index contributed by atoms with van der Waals surface area (Å²) in [6.45, 7) is 0. The molecule has 1 aromatic carbocycles. The highest BCUT2D eigenvalue weighted by molar-refractivity contribution is 5.66. The van der Waals surface area contributed by atoms with Crippen LogP contribution in [0.4, 0.5) is 8.78 Å². The number of aliphatic carboxylic acids is 1. The lowest BCUT2D eigenvalue weighted by molar-refractivity contribution is -0.137. The summed E-state index contributed by atoms with van der Waals surface area (Å²) in [6, 6.07) is 2.15. The van der Waals surface area contributed by atoms with Gasteiger partial charge in [-0.25, -0.2) is 8.78 Å². The van der Waals surface area contributed by atoms with Crippen molar-refractivity contribution in [1.82, 2.24) is 0 Å². The molecule has 1 rings (SSSR count). The van der Waals surface area contributed by atoms with E-state index in [0.717, 1.165) is 6.07 Å². The monoisotopic (exact) mass is 216 g/mol. The number of aryl methyl sites for hydroxylation is 1. The average Bonchev–Trinajstić information content (AvgIpc) is 2.18. The van der Waals surface area contributed by atoms with Gasteiger partial charge in [-0.1, -0.05) is 6.07 Å². The lowest BCUT2D eigenvalue weighted by Crippen LogP contribution is -1.98. The van der Waals surface area contributed by atoms with E-state index in [2.05, 4.69) is 0 Å². The molecule has 1 aromatic rings. The second-order valence-corrected chi connectivity index (χ2v) is 3.12. The van der Waals surface area contributed by atoms with Crippen LogP contribution in [0.25, 0.3) is 0 Å². The Morgan fingerprint density at radius 1 is 1.33 bits per heavy atom. The first-order valence-electron chi connectivity index (χ1n) is 4.40. The van der Waals surface area contributed by atoms with E-state index in [1.165, 1.54) is 6.07 Å². The van der Waals surface area contributed by atoms with Crippen molar-refractivity contribution >= 4 is 5.97 Å². The number of halogens is 2. The summed E-state index contributed by atoms with van der Waals surface area (Å²) < 4.78 is 25.8. The van der Waals surface area contributed by atoms with E-state index in [1.54, 1.807) is 0 Å². The molecule has 0 spiro atoms. The topological polar surface area (TPSA) is 57.5 Å². The first-order valence-corrected chi connectivity index (χ1v) is 4.40. The second-order valence-electron chi connectivity index (χ2n) is 3.12. The number of phenolic OH excluding ortho intramolecular Hbond substituents is 1. The number of carboxylic acids is 1. The van der Waals surface area contributed by atoms with Gasteiger partial charge in [0.15, 0.2) is 17.4 Å². The number of aromatic hydroxyl groups is 1. The smallest absolute Gasteiger partial charge is 0.303 e. The summed E-state index contributed by atoms with van der Waals surface area (Å²) in [7, 11) is 0. The highest BCUT2D eigenvalue weighted by Crippen LogP contribution is 2.23. The van der Waals surface area contributed by atoms with E-state index in [4.69, 9.17) is 10.2 Å². The summed E-state index contributed by atoms with van der Waals surface area (Å²) in [5, 5.41) is 17.3. The minimum absolute atomic E-state index is 0.0857. The third kappa shape index (κ3) is 2.90. The molecular weight excluding hydrogens is 206 g/mol. The Morgan fingerprint density at radius 2 is 2.00 bits per heavy atom. The first kappa shape index (κ1) is 11.4. The fourth-order valence-electron chi connectivity index (χ4n) is 1.21. The molecule has 2 N–H and O–H groups in total. The lowest BCUT2D eigenvalue weighted by atomic mass is 10.1. The van der Waals surface area contributed by atoms with Crippen LogP contribution in [0.5, 0.6) is 5.75 Å². The fourth-order valence-corrected chi connectivity index (χ4v) is 1.21. The Bertz CT molecular complexity index is 377. The molecule has 0 heterocycles. The van der Waals surface area contributed by atoms with E-state index in [9.17, 15) is 13.6 Å². The van der Waals surface area contributed by atoms with Gasteiger partial charge in [-0.15, -0.1) is 0 Å². The maximum atomic E-state index is 13.1. The van der Waals surface area contributed by atoms with Crippen LogP contribution in [-0.4, -0.2) is 16.2 Å². The molecule has 3 nitrogen and oxygen atoms in total. The molecule has 0 aliphatic rings. The summed E-state index contributed by atoms with van der Waals surface area (Å²) in [6.07, 6.45) is 0.320. The molecule has 0 saturated carbocycles. The third-order valence-electron chi connectivity index (χ3n) is 1.98. The van der Waals surface area contributed by atoms with Crippen LogP contribution in [0.15, 0.2) is 12.1 Å². The average molecular weight is 216 g/mol. The van der Waals surface area contributed by atoms with Crippen LogP contribution < -0.4 is 0 Å². The quantitative estimate of drug-likeness (QED) is 0.810. The second kappa shape index (κ2) is 4.72. The number of hydrogen-bond acceptors (Lipinski definition) is 2. The molecule has 0 atom stereocenters. The summed E-state index contributed by atoms with van der Waals surface area (Å²) >= 11 is 0. The number of carboxylic acid groups (broad SMARTS) is 1. The number of carbonyl (C=O) groups is 1. The van der Waals surface area contributed by atoms with Crippen molar-refractivity contribution in [3.05, 3.63) is 29.3 Å². The molecule has 0 saturated heterocycles. The predicted molar refractivity (Wildman–Crippen MR) is 48.6 cm³/mol. The zero-order valence-electron chi connectivity index (χ0n) is 7.83. The van der Waals surface area contributed by atoms with Crippen LogP contribution in [0.2, 0.25) is 0 Å². The Morgan fingerprint density at radius 3 is 2.60 bits per heavy atom. The summed E-state index contributed by atoms with van der Waals surface area (Å²) in [5.74, 6) is -4.01. The molecule has 0 aromatic heterocycles. The molecule has 0 radical (unpaired) electrons. The molecule has 15 heavy (non-hydrogen) atoms. The van der Waals surface area contributed by atoms with Gasteiger partial charge in [0.1, 0.15) is 0 Å². The number of phenols is 1. The standard InChI is InChI=1S/C10H10F2O3/c11-7-5-4-6(9(12)10(7)15)2-1-3-8(13)14/h4-5,15H,1-3H2,(H,13,14). The van der Waals surface area contributed by atoms with Crippen molar-refractivity contribution in [2.75, 3.05) is 0 Å². The zero-order chi connectivity index (χ0) is 11.4. The minimum atomic E-state index is -1.02. The Hall–Kier alpha value is -1.65. The van der Waals surface area contributed by atoms with E-state index >= 15 is 0 Å². The third-order valence-corrected chi connectivity index (χ3v) is 1.98. The van der Waals surface area contributed by atoms with E-state index in [-0.39, 0.29) is 24.8 Å². The van der Waals surface area contributed by atoms with Gasteiger partial charge in [0.25, 0.3) is 0 Å². The van der Waals surface area contributed by atoms with Gasteiger partial charge in [-0.05, 0) is 24.5 Å². The van der Waals surface area contributed by atoms with E-state index < -0.39 is 23.4 Å². The normalized spacial score (nSPS) is 10.3. The largest absolute Gasteiger partial charge is 0.503 e. The number of benzene rings is 1. The highest BCUT2D eigenvalue weighted by atomic mass is 19.1. The highest BCUT2D eigenvalue weighted by Gasteiger charge is 2.12. The van der Waals surface area contributed by atoms with Crippen LogP contribution in [0, 0.1) is 11.6 Å². The van der Waals surface area contributed by atoms with Gasteiger partial charge in [0.2, 0.25) is 0 Å². The Labute approximate surface area is 85.0 Å². The summed E-state index contributed by atoms with van der Waals surface area (Å²) in [4.78, 5) is 10.2. The van der Waals surface area contributed by atoms with Gasteiger partial charge in [-0.3, -0.25) is 4.79 Å². The van der Waals surface area contributed by atoms with Crippen LogP contribution in [-0.2, 0) is 11.2 Å². The van der Waals surface area contributed by atoms with E-state index in [1.807, 2.05) is 0 Å². The predicted octanol–water partition coefficient (Wildman–Crippen LogP) is 2.08.